The molecule has 2 aromatic rings. The van der Waals surface area contributed by atoms with E-state index in [2.05, 4.69) is 45.7 Å². The zero-order chi connectivity index (χ0) is 12.4. The summed E-state index contributed by atoms with van der Waals surface area (Å²) >= 11 is 10.0. The summed E-state index contributed by atoms with van der Waals surface area (Å²) in [5, 5.41) is 17.1. The lowest BCUT2D eigenvalue weighted by atomic mass is 10.7. The largest absolute Gasteiger partial charge is 0.309 e. The van der Waals surface area contributed by atoms with Crippen LogP contribution in [0, 0.1) is 0 Å². The van der Waals surface area contributed by atoms with E-state index in [9.17, 15) is 0 Å². The molecule has 2 heterocycles. The molecule has 0 bridgehead atoms. The second-order valence-electron chi connectivity index (χ2n) is 3.44. The lowest BCUT2D eigenvalue weighted by Gasteiger charge is -2.02. The first-order chi connectivity index (χ1) is 8.09. The van der Waals surface area contributed by atoms with Crippen LogP contribution in [0.4, 0.5) is 0 Å². The van der Waals surface area contributed by atoms with Crippen molar-refractivity contribution in [3.8, 4) is 0 Å². The maximum atomic E-state index is 4.17. The molecule has 17 heavy (non-hydrogen) atoms. The van der Waals surface area contributed by atoms with Gasteiger partial charge in [-0.15, -0.1) is 57.4 Å². The Morgan fingerprint density at radius 1 is 0.882 bits per heavy atom. The minimum absolute atomic E-state index is 0.622. The molecule has 0 atom stereocenters. The standard InChI is InChI=1S/C8H12N6S3/c1-13-5(9-11-7(13)15)3-17-4-6-10-12-8(16)14(6)2/h3-4H2,1-2H3,(H,11,15)(H,12,16). The van der Waals surface area contributed by atoms with Crippen molar-refractivity contribution in [2.75, 3.05) is 0 Å². The Morgan fingerprint density at radius 2 is 1.29 bits per heavy atom. The van der Waals surface area contributed by atoms with Gasteiger partial charge in [-0.25, -0.2) is 0 Å². The van der Waals surface area contributed by atoms with Crippen LogP contribution in [0.25, 0.3) is 0 Å². The second kappa shape index (κ2) is 5.32. The van der Waals surface area contributed by atoms with Gasteiger partial charge in [-0.2, -0.15) is 0 Å². The Bertz CT molecular complexity index is 473. The maximum Gasteiger partial charge on any atom is 0.187 e. The first-order valence-corrected chi connectivity index (χ1v) is 6.86. The molecule has 6 nitrogen and oxygen atoms in total. The highest BCUT2D eigenvalue weighted by molar-refractivity contribution is 7.97. The first-order valence-electron chi connectivity index (χ1n) is 4.81. The third kappa shape index (κ3) is 2.78. The van der Waals surface area contributed by atoms with E-state index in [1.807, 2.05) is 23.2 Å². The molecule has 0 aliphatic heterocycles. The van der Waals surface area contributed by atoms with Gasteiger partial charge in [0.15, 0.2) is 10.3 Å². The van der Waals surface area contributed by atoms with Crippen LogP contribution in [0.15, 0.2) is 10.3 Å². The van der Waals surface area contributed by atoms with Crippen LogP contribution in [0.1, 0.15) is 11.6 Å². The Balaban J connectivity index is 1.92. The van der Waals surface area contributed by atoms with Gasteiger partial charge in [0.2, 0.25) is 0 Å². The minimum Gasteiger partial charge on any atom is -0.309 e. The van der Waals surface area contributed by atoms with Gasteiger partial charge < -0.3 is 9.13 Å². The topological polar surface area (TPSA) is 61.4 Å². The van der Waals surface area contributed by atoms with Gasteiger partial charge in [-0.05, 0) is 0 Å². The SMILES string of the molecule is Cn1c(S)nnc1CSCc1nnc(S)n1C. The number of rotatable bonds is 4. The summed E-state index contributed by atoms with van der Waals surface area (Å²) in [4.78, 5) is 0. The zero-order valence-electron chi connectivity index (χ0n) is 9.40. The van der Waals surface area contributed by atoms with Crippen molar-refractivity contribution in [1.29, 1.82) is 0 Å². The van der Waals surface area contributed by atoms with E-state index in [4.69, 9.17) is 0 Å². The van der Waals surface area contributed by atoms with Crippen LogP contribution in [0.2, 0.25) is 0 Å². The van der Waals surface area contributed by atoms with E-state index >= 15 is 0 Å². The van der Waals surface area contributed by atoms with E-state index in [1.165, 1.54) is 0 Å². The molecular formula is C8H12N6S3. The number of thiol groups is 2. The van der Waals surface area contributed by atoms with Crippen LogP contribution in [-0.2, 0) is 25.6 Å². The Morgan fingerprint density at radius 3 is 1.59 bits per heavy atom. The van der Waals surface area contributed by atoms with Crippen LogP contribution in [0.3, 0.4) is 0 Å². The van der Waals surface area contributed by atoms with Crippen molar-refractivity contribution in [3.05, 3.63) is 11.6 Å². The van der Waals surface area contributed by atoms with Crippen LogP contribution >= 0.6 is 37.0 Å². The average molecular weight is 288 g/mol. The predicted molar refractivity (Wildman–Crippen MR) is 71.5 cm³/mol. The molecule has 0 aromatic carbocycles. The minimum atomic E-state index is 0.622. The molecule has 0 unspecified atom stereocenters. The molecule has 0 fully saturated rings. The molecule has 9 heteroatoms. The number of aromatic nitrogens is 6. The van der Waals surface area contributed by atoms with Gasteiger partial charge >= 0.3 is 0 Å². The van der Waals surface area contributed by atoms with Crippen molar-refractivity contribution in [3.63, 3.8) is 0 Å². The van der Waals surface area contributed by atoms with E-state index in [1.54, 1.807) is 11.8 Å². The molecule has 0 aliphatic carbocycles. The Kier molecular flexibility index (Phi) is 4.00. The monoisotopic (exact) mass is 288 g/mol. The maximum absolute atomic E-state index is 4.17. The summed E-state index contributed by atoms with van der Waals surface area (Å²) in [5.74, 6) is 3.32. The van der Waals surface area contributed by atoms with Crippen molar-refractivity contribution in [2.45, 2.75) is 21.8 Å². The number of hydrogen-bond donors (Lipinski definition) is 2. The van der Waals surface area contributed by atoms with Crippen molar-refractivity contribution < 1.29 is 0 Å². The van der Waals surface area contributed by atoms with Gasteiger partial charge in [0, 0.05) is 14.1 Å². The van der Waals surface area contributed by atoms with E-state index in [-0.39, 0.29) is 0 Å². The highest BCUT2D eigenvalue weighted by atomic mass is 32.2. The lowest BCUT2D eigenvalue weighted by Crippen LogP contribution is -1.99. The number of thioether (sulfide) groups is 1. The third-order valence-corrected chi connectivity index (χ3v) is 4.05. The van der Waals surface area contributed by atoms with Gasteiger partial charge in [-0.1, -0.05) is 0 Å². The zero-order valence-corrected chi connectivity index (χ0v) is 12.0. The lowest BCUT2D eigenvalue weighted by molar-refractivity contribution is 0.760. The molecule has 0 saturated heterocycles. The quantitative estimate of drug-likeness (QED) is 0.821. The highest BCUT2D eigenvalue weighted by Gasteiger charge is 2.08. The molecule has 0 aliphatic rings. The van der Waals surface area contributed by atoms with Crippen LogP contribution in [-0.4, -0.2) is 29.5 Å². The van der Waals surface area contributed by atoms with Gasteiger partial charge in [0.1, 0.15) is 11.6 Å². The fourth-order valence-electron chi connectivity index (χ4n) is 1.19. The molecule has 0 amide bonds. The van der Waals surface area contributed by atoms with Gasteiger partial charge in [0.05, 0.1) is 11.5 Å². The number of hydrogen-bond acceptors (Lipinski definition) is 7. The summed E-state index contributed by atoms with van der Waals surface area (Å²) in [6.07, 6.45) is 0. The van der Waals surface area contributed by atoms with Gasteiger partial charge in [-0.3, -0.25) is 0 Å². The highest BCUT2D eigenvalue weighted by Crippen LogP contribution is 2.17. The van der Waals surface area contributed by atoms with Crippen molar-refractivity contribution in [1.82, 2.24) is 29.5 Å². The molecule has 2 rings (SSSR count). The van der Waals surface area contributed by atoms with Crippen molar-refractivity contribution >= 4 is 37.0 Å². The fraction of sp³-hybridized carbons (Fsp3) is 0.500. The molecule has 92 valence electrons. The van der Waals surface area contributed by atoms with E-state index in [0.29, 0.717) is 10.3 Å². The molecule has 0 N–H and O–H groups in total. The fourth-order valence-corrected chi connectivity index (χ4v) is 2.48. The van der Waals surface area contributed by atoms with E-state index in [0.717, 1.165) is 23.2 Å². The Labute approximate surface area is 114 Å². The molecule has 0 spiro atoms. The molecule has 0 radical (unpaired) electrons. The smallest absolute Gasteiger partial charge is 0.187 e. The summed E-state index contributed by atoms with van der Waals surface area (Å²) in [5.41, 5.74) is 0. The summed E-state index contributed by atoms with van der Waals surface area (Å²) in [6, 6.07) is 0. The van der Waals surface area contributed by atoms with Crippen LogP contribution in [0.5, 0.6) is 0 Å². The third-order valence-electron chi connectivity index (χ3n) is 2.35. The van der Waals surface area contributed by atoms with Gasteiger partial charge in [0.25, 0.3) is 0 Å². The normalized spacial score (nSPS) is 11.1. The van der Waals surface area contributed by atoms with Crippen molar-refractivity contribution in [2.24, 2.45) is 14.1 Å². The summed E-state index contributed by atoms with van der Waals surface area (Å²) < 4.78 is 3.72. The predicted octanol–water partition coefficient (Wildman–Crippen LogP) is 0.954. The molecule has 2 aromatic heterocycles. The van der Waals surface area contributed by atoms with Crippen LogP contribution < -0.4 is 0 Å². The Hall–Kier alpha value is -0.670. The molecular weight excluding hydrogens is 276 g/mol. The van der Waals surface area contributed by atoms with E-state index < -0.39 is 0 Å². The summed E-state index contributed by atoms with van der Waals surface area (Å²) in [6.45, 7) is 0. The summed E-state index contributed by atoms with van der Waals surface area (Å²) in [7, 11) is 3.79. The first kappa shape index (κ1) is 12.8. The average Bonchev–Trinajstić information content (AvgIpc) is 2.79. The second-order valence-corrected chi connectivity index (χ2v) is 5.23. The number of nitrogens with zero attached hydrogens (tertiary/aromatic N) is 6. The molecule has 0 saturated carbocycles.